The first-order valence-electron chi connectivity index (χ1n) is 7.80. The van der Waals surface area contributed by atoms with Crippen LogP contribution < -0.4 is 4.74 Å². The second-order valence-corrected chi connectivity index (χ2v) is 5.68. The average Bonchev–Trinajstić information content (AvgIpc) is 2.59. The van der Waals surface area contributed by atoms with Crippen molar-refractivity contribution in [3.63, 3.8) is 0 Å². The summed E-state index contributed by atoms with van der Waals surface area (Å²) in [6.45, 7) is 2.08. The molecule has 124 valence electrons. The van der Waals surface area contributed by atoms with Crippen molar-refractivity contribution < 1.29 is 17.9 Å². The molecule has 0 heterocycles. The highest BCUT2D eigenvalue weighted by atomic mass is 19.2. The molecule has 3 aromatic carbocycles. The zero-order valence-corrected chi connectivity index (χ0v) is 13.5. The molecule has 0 amide bonds. The molecule has 0 fully saturated rings. The first-order chi connectivity index (χ1) is 11.6. The summed E-state index contributed by atoms with van der Waals surface area (Å²) in [6, 6.07) is 11.7. The molecule has 0 saturated heterocycles. The van der Waals surface area contributed by atoms with E-state index in [0.29, 0.717) is 10.9 Å². The lowest BCUT2D eigenvalue weighted by Crippen LogP contribution is -1.97. The first-order valence-corrected chi connectivity index (χ1v) is 7.80. The predicted octanol–water partition coefficient (Wildman–Crippen LogP) is 5.89. The second-order valence-electron chi connectivity index (χ2n) is 5.68. The zero-order chi connectivity index (χ0) is 17.3. The van der Waals surface area contributed by atoms with Crippen molar-refractivity contribution in [2.24, 2.45) is 0 Å². The largest absolute Gasteiger partial charge is 0.494 e. The minimum atomic E-state index is -1.20. The van der Waals surface area contributed by atoms with E-state index in [1.807, 2.05) is 12.1 Å². The average molecular weight is 330 g/mol. The summed E-state index contributed by atoms with van der Waals surface area (Å²) in [6.07, 6.45) is 1.94. The highest BCUT2D eigenvalue weighted by Crippen LogP contribution is 2.35. The van der Waals surface area contributed by atoms with E-state index in [-0.39, 0.29) is 11.3 Å². The number of aryl methyl sites for hydroxylation is 1. The van der Waals surface area contributed by atoms with Gasteiger partial charge in [-0.15, -0.1) is 0 Å². The van der Waals surface area contributed by atoms with Gasteiger partial charge in [0.1, 0.15) is 0 Å². The van der Waals surface area contributed by atoms with Crippen molar-refractivity contribution in [3.8, 4) is 16.9 Å². The molecule has 0 aliphatic rings. The van der Waals surface area contributed by atoms with E-state index in [4.69, 9.17) is 4.74 Å². The van der Waals surface area contributed by atoms with Gasteiger partial charge in [-0.25, -0.2) is 13.2 Å². The summed E-state index contributed by atoms with van der Waals surface area (Å²) in [5, 5.41) is -0.0990. The van der Waals surface area contributed by atoms with Crippen LogP contribution in [0, 0.1) is 17.5 Å². The van der Waals surface area contributed by atoms with Crippen LogP contribution in [0.3, 0.4) is 0 Å². The molecule has 3 rings (SSSR count). The number of hydrogen-bond donors (Lipinski definition) is 0. The Morgan fingerprint density at radius 3 is 2.21 bits per heavy atom. The summed E-state index contributed by atoms with van der Waals surface area (Å²) in [7, 11) is 1.28. The molecule has 0 bridgehead atoms. The molecule has 0 saturated carbocycles. The SMILES string of the molecule is CCCc1ccc(-c2cc3ccc(OC)c(F)c3c(F)c2F)cc1. The lowest BCUT2D eigenvalue weighted by Gasteiger charge is -2.11. The van der Waals surface area contributed by atoms with Crippen molar-refractivity contribution in [1.29, 1.82) is 0 Å². The van der Waals surface area contributed by atoms with Crippen LogP contribution in [0.5, 0.6) is 5.75 Å². The predicted molar refractivity (Wildman–Crippen MR) is 89.8 cm³/mol. The Morgan fingerprint density at radius 2 is 1.58 bits per heavy atom. The van der Waals surface area contributed by atoms with Gasteiger partial charge in [0.2, 0.25) is 0 Å². The Bertz CT molecular complexity index is 886. The smallest absolute Gasteiger partial charge is 0.175 e. The van der Waals surface area contributed by atoms with Gasteiger partial charge < -0.3 is 4.74 Å². The fourth-order valence-corrected chi connectivity index (χ4v) is 2.87. The van der Waals surface area contributed by atoms with Crippen LogP contribution in [0.15, 0.2) is 42.5 Å². The summed E-state index contributed by atoms with van der Waals surface area (Å²) >= 11 is 0. The van der Waals surface area contributed by atoms with Gasteiger partial charge in [-0.3, -0.25) is 0 Å². The molecule has 1 nitrogen and oxygen atoms in total. The fourth-order valence-electron chi connectivity index (χ4n) is 2.87. The Kier molecular flexibility index (Phi) is 4.47. The minimum absolute atomic E-state index is 0.113. The second kappa shape index (κ2) is 6.56. The maximum atomic E-state index is 14.5. The van der Waals surface area contributed by atoms with Gasteiger partial charge in [-0.1, -0.05) is 43.7 Å². The molecule has 24 heavy (non-hydrogen) atoms. The normalized spacial score (nSPS) is 11.0. The zero-order valence-electron chi connectivity index (χ0n) is 13.5. The maximum Gasteiger partial charge on any atom is 0.175 e. The van der Waals surface area contributed by atoms with Crippen LogP contribution in [0.4, 0.5) is 13.2 Å². The number of benzene rings is 3. The molecule has 0 aliphatic carbocycles. The summed E-state index contributed by atoms with van der Waals surface area (Å²) in [5.74, 6) is -3.26. The van der Waals surface area contributed by atoms with Crippen LogP contribution in [0.2, 0.25) is 0 Å². The number of methoxy groups -OCH3 is 1. The molecule has 4 heteroatoms. The van der Waals surface area contributed by atoms with E-state index < -0.39 is 22.8 Å². The van der Waals surface area contributed by atoms with Crippen molar-refractivity contribution in [2.45, 2.75) is 19.8 Å². The third-order valence-electron chi connectivity index (χ3n) is 4.11. The Hall–Kier alpha value is -2.49. The molecule has 0 radical (unpaired) electrons. The van der Waals surface area contributed by atoms with Crippen LogP contribution in [-0.2, 0) is 6.42 Å². The van der Waals surface area contributed by atoms with Crippen molar-refractivity contribution >= 4 is 10.8 Å². The van der Waals surface area contributed by atoms with Gasteiger partial charge in [-0.2, -0.15) is 0 Å². The number of rotatable bonds is 4. The first kappa shape index (κ1) is 16.4. The number of fused-ring (bicyclic) bond motifs is 1. The molecule has 0 N–H and O–H groups in total. The van der Waals surface area contributed by atoms with Gasteiger partial charge in [0.05, 0.1) is 12.5 Å². The lowest BCUT2D eigenvalue weighted by atomic mass is 9.98. The van der Waals surface area contributed by atoms with Crippen LogP contribution in [-0.4, -0.2) is 7.11 Å². The van der Waals surface area contributed by atoms with E-state index in [1.54, 1.807) is 12.1 Å². The van der Waals surface area contributed by atoms with Gasteiger partial charge in [-0.05, 0) is 35.1 Å². The highest BCUT2D eigenvalue weighted by Gasteiger charge is 2.19. The van der Waals surface area contributed by atoms with E-state index in [1.165, 1.54) is 25.3 Å². The number of halogens is 3. The van der Waals surface area contributed by atoms with Gasteiger partial charge in [0.25, 0.3) is 0 Å². The molecule has 0 spiro atoms. The topological polar surface area (TPSA) is 9.23 Å². The summed E-state index contributed by atoms with van der Waals surface area (Å²) in [5.41, 5.74) is 1.82. The Balaban J connectivity index is 2.17. The number of ether oxygens (including phenoxy) is 1. The fraction of sp³-hybridized carbons (Fsp3) is 0.200. The van der Waals surface area contributed by atoms with E-state index in [0.717, 1.165) is 18.4 Å². The van der Waals surface area contributed by atoms with E-state index >= 15 is 0 Å². The van der Waals surface area contributed by atoms with Crippen LogP contribution in [0.1, 0.15) is 18.9 Å². The van der Waals surface area contributed by atoms with Gasteiger partial charge >= 0.3 is 0 Å². The van der Waals surface area contributed by atoms with E-state index in [2.05, 4.69) is 6.92 Å². The van der Waals surface area contributed by atoms with Crippen molar-refractivity contribution in [1.82, 2.24) is 0 Å². The molecule has 0 aromatic heterocycles. The van der Waals surface area contributed by atoms with Gasteiger partial charge in [0.15, 0.2) is 23.2 Å². The third-order valence-corrected chi connectivity index (χ3v) is 4.11. The van der Waals surface area contributed by atoms with Crippen LogP contribution in [0.25, 0.3) is 21.9 Å². The Morgan fingerprint density at radius 1 is 0.875 bits per heavy atom. The standard InChI is InChI=1S/C20H17F3O/c1-3-4-12-5-7-13(8-6-12)15-11-14-9-10-16(24-2)19(22)17(14)20(23)18(15)21/h5-11H,3-4H2,1-2H3. The molecule has 0 atom stereocenters. The quantitative estimate of drug-likeness (QED) is 0.580. The molecular weight excluding hydrogens is 313 g/mol. The summed E-state index contributed by atoms with van der Waals surface area (Å²) < 4.78 is 48.0. The minimum Gasteiger partial charge on any atom is -0.494 e. The number of hydrogen-bond acceptors (Lipinski definition) is 1. The molecule has 3 aromatic rings. The highest BCUT2D eigenvalue weighted by molar-refractivity contribution is 5.90. The maximum absolute atomic E-state index is 14.5. The Labute approximate surface area is 138 Å². The lowest BCUT2D eigenvalue weighted by molar-refractivity contribution is 0.388. The third kappa shape index (κ3) is 2.73. The van der Waals surface area contributed by atoms with Crippen molar-refractivity contribution in [3.05, 3.63) is 65.5 Å². The van der Waals surface area contributed by atoms with Crippen LogP contribution >= 0.6 is 0 Å². The molecular formula is C20H17F3O. The monoisotopic (exact) mass is 330 g/mol. The van der Waals surface area contributed by atoms with E-state index in [9.17, 15) is 13.2 Å². The molecule has 0 aliphatic heterocycles. The molecule has 0 unspecified atom stereocenters. The van der Waals surface area contributed by atoms with Crippen molar-refractivity contribution in [2.75, 3.05) is 7.11 Å². The summed E-state index contributed by atoms with van der Waals surface area (Å²) in [4.78, 5) is 0. The van der Waals surface area contributed by atoms with Gasteiger partial charge in [0, 0.05) is 5.56 Å².